The monoisotopic (exact) mass is 333 g/mol. The van der Waals surface area contributed by atoms with Crippen molar-refractivity contribution in [1.82, 2.24) is 5.32 Å². The Hall–Kier alpha value is -3.01. The molecule has 4 nitrogen and oxygen atoms in total. The summed E-state index contributed by atoms with van der Waals surface area (Å²) in [6.45, 7) is 1.86. The highest BCUT2D eigenvalue weighted by molar-refractivity contribution is 5.98. The van der Waals surface area contributed by atoms with Crippen LogP contribution in [0.5, 0.6) is 5.75 Å². The minimum atomic E-state index is -0.747. The summed E-state index contributed by atoms with van der Waals surface area (Å²) in [7, 11) is 0. The van der Waals surface area contributed by atoms with E-state index in [2.05, 4.69) is 5.32 Å². The summed E-state index contributed by atoms with van der Waals surface area (Å²) < 4.78 is 5.96. The molecule has 2 bridgehead atoms. The zero-order chi connectivity index (χ0) is 17.4. The van der Waals surface area contributed by atoms with Crippen LogP contribution in [0, 0.1) is 0 Å². The van der Waals surface area contributed by atoms with Crippen molar-refractivity contribution >= 4 is 12.0 Å². The molecule has 4 rings (SSSR count). The first-order valence-corrected chi connectivity index (χ1v) is 8.32. The second kappa shape index (κ2) is 5.81. The number of allylic oxidation sites excluding steroid dienone is 1. The van der Waals surface area contributed by atoms with Crippen LogP contribution in [-0.2, 0) is 4.79 Å². The van der Waals surface area contributed by atoms with Crippen molar-refractivity contribution in [3.63, 3.8) is 0 Å². The Morgan fingerprint density at radius 2 is 1.92 bits per heavy atom. The summed E-state index contributed by atoms with van der Waals surface area (Å²) in [6, 6.07) is 17.3. The molecule has 126 valence electrons. The number of aliphatic hydroxyl groups excluding tert-OH is 1. The molecular formula is C21H19NO3. The van der Waals surface area contributed by atoms with Crippen molar-refractivity contribution in [1.29, 1.82) is 0 Å². The number of hydrogen-bond donors (Lipinski definition) is 2. The van der Waals surface area contributed by atoms with E-state index in [0.717, 1.165) is 16.9 Å². The molecule has 25 heavy (non-hydrogen) atoms. The second-order valence-corrected chi connectivity index (χ2v) is 6.62. The van der Waals surface area contributed by atoms with Gasteiger partial charge >= 0.3 is 0 Å². The molecule has 2 aliphatic heterocycles. The fourth-order valence-corrected chi connectivity index (χ4v) is 3.57. The number of aliphatic hydroxyl groups is 1. The molecule has 1 fully saturated rings. The molecule has 0 aliphatic carbocycles. The van der Waals surface area contributed by atoms with Crippen molar-refractivity contribution in [2.75, 3.05) is 0 Å². The average molecular weight is 333 g/mol. The van der Waals surface area contributed by atoms with Gasteiger partial charge < -0.3 is 15.2 Å². The maximum Gasteiger partial charge on any atom is 0.254 e. The van der Waals surface area contributed by atoms with Gasteiger partial charge in [0, 0.05) is 17.9 Å². The van der Waals surface area contributed by atoms with Gasteiger partial charge in [-0.25, -0.2) is 0 Å². The highest BCUT2D eigenvalue weighted by Crippen LogP contribution is 2.46. The maximum absolute atomic E-state index is 12.6. The van der Waals surface area contributed by atoms with E-state index in [4.69, 9.17) is 4.74 Å². The highest BCUT2D eigenvalue weighted by Gasteiger charge is 2.47. The van der Waals surface area contributed by atoms with E-state index in [9.17, 15) is 9.90 Å². The first-order valence-electron chi connectivity index (χ1n) is 8.32. The Balaban J connectivity index is 1.77. The van der Waals surface area contributed by atoms with Crippen LogP contribution in [0.25, 0.3) is 6.08 Å². The molecule has 0 saturated carbocycles. The van der Waals surface area contributed by atoms with Crippen molar-refractivity contribution in [3.05, 3.63) is 83.1 Å². The molecule has 2 unspecified atom stereocenters. The van der Waals surface area contributed by atoms with Crippen LogP contribution in [-0.4, -0.2) is 16.7 Å². The van der Waals surface area contributed by atoms with E-state index in [1.54, 1.807) is 12.2 Å². The van der Waals surface area contributed by atoms with Crippen LogP contribution >= 0.6 is 0 Å². The smallest absolute Gasteiger partial charge is 0.254 e. The fourth-order valence-electron chi connectivity index (χ4n) is 3.57. The lowest BCUT2D eigenvalue weighted by Crippen LogP contribution is -2.58. The molecule has 4 heteroatoms. The molecular weight excluding hydrogens is 314 g/mol. The van der Waals surface area contributed by atoms with Crippen LogP contribution in [0.4, 0.5) is 0 Å². The van der Waals surface area contributed by atoms with Gasteiger partial charge in [-0.05, 0) is 24.6 Å². The van der Waals surface area contributed by atoms with Crippen molar-refractivity contribution in [2.24, 2.45) is 0 Å². The van der Waals surface area contributed by atoms with Gasteiger partial charge in [-0.2, -0.15) is 0 Å². The van der Waals surface area contributed by atoms with Gasteiger partial charge in [-0.1, -0.05) is 54.6 Å². The number of amides is 1. The number of benzene rings is 2. The van der Waals surface area contributed by atoms with E-state index >= 15 is 0 Å². The van der Waals surface area contributed by atoms with Crippen LogP contribution in [0.1, 0.15) is 30.4 Å². The largest absolute Gasteiger partial charge is 0.507 e. The number of fused-ring (bicyclic) bond motifs is 4. The zero-order valence-electron chi connectivity index (χ0n) is 13.9. The SMILES string of the molecule is CC12CC(/C(=C(O)\C=C\c3ccccc3)C(=O)N1)c1ccccc1O2. The molecule has 1 saturated heterocycles. The minimum Gasteiger partial charge on any atom is -0.507 e. The van der Waals surface area contributed by atoms with Gasteiger partial charge in [0.25, 0.3) is 5.91 Å². The fraction of sp³-hybridized carbons (Fsp3) is 0.190. The Labute approximate surface area is 146 Å². The van der Waals surface area contributed by atoms with E-state index in [1.807, 2.05) is 61.5 Å². The Kier molecular flexibility index (Phi) is 3.61. The highest BCUT2D eigenvalue weighted by atomic mass is 16.5. The summed E-state index contributed by atoms with van der Waals surface area (Å²) in [5.41, 5.74) is 1.54. The summed E-state index contributed by atoms with van der Waals surface area (Å²) in [6.07, 6.45) is 3.98. The summed E-state index contributed by atoms with van der Waals surface area (Å²) in [5, 5.41) is 13.5. The van der Waals surface area contributed by atoms with Gasteiger partial charge in [-0.3, -0.25) is 4.79 Å². The molecule has 2 aromatic carbocycles. The normalized spacial score (nSPS) is 26.6. The molecule has 2 atom stereocenters. The second-order valence-electron chi connectivity index (χ2n) is 6.62. The number of carbonyl (C=O) groups is 1. The number of piperidine rings is 1. The predicted molar refractivity (Wildman–Crippen MR) is 96.1 cm³/mol. The number of rotatable bonds is 2. The van der Waals surface area contributed by atoms with Crippen LogP contribution in [0.15, 0.2) is 72.0 Å². The molecule has 2 heterocycles. The maximum atomic E-state index is 12.6. The standard InChI is InChI=1S/C21H19NO3/c1-21-13-16(15-9-5-6-10-18(15)25-21)19(20(24)22-21)17(23)12-11-14-7-3-2-4-8-14/h2-12,16,23H,13H2,1H3,(H,22,24)/b12-11+,19-17-. The van der Waals surface area contributed by atoms with Crippen LogP contribution in [0.2, 0.25) is 0 Å². The van der Waals surface area contributed by atoms with E-state index in [0.29, 0.717) is 12.0 Å². The Morgan fingerprint density at radius 3 is 2.72 bits per heavy atom. The van der Waals surface area contributed by atoms with Gasteiger partial charge in [-0.15, -0.1) is 0 Å². The predicted octanol–water partition coefficient (Wildman–Crippen LogP) is 3.92. The van der Waals surface area contributed by atoms with Crippen molar-refractivity contribution in [3.8, 4) is 5.75 Å². The number of hydrogen-bond acceptors (Lipinski definition) is 3. The number of carbonyl (C=O) groups excluding carboxylic acids is 1. The van der Waals surface area contributed by atoms with Gasteiger partial charge in [0.2, 0.25) is 0 Å². The van der Waals surface area contributed by atoms with Gasteiger partial charge in [0.15, 0.2) is 5.72 Å². The van der Waals surface area contributed by atoms with Gasteiger partial charge in [0.1, 0.15) is 11.5 Å². The Morgan fingerprint density at radius 1 is 1.20 bits per heavy atom. The lowest BCUT2D eigenvalue weighted by atomic mass is 9.78. The third-order valence-electron chi connectivity index (χ3n) is 4.70. The molecule has 0 aromatic heterocycles. The first-order chi connectivity index (χ1) is 12.1. The van der Waals surface area contributed by atoms with Crippen molar-refractivity contribution < 1.29 is 14.6 Å². The third kappa shape index (κ3) is 2.80. The molecule has 0 radical (unpaired) electrons. The van der Waals surface area contributed by atoms with E-state index in [1.165, 1.54) is 0 Å². The lowest BCUT2D eigenvalue weighted by molar-refractivity contribution is -0.127. The van der Waals surface area contributed by atoms with E-state index in [-0.39, 0.29) is 17.6 Å². The molecule has 0 spiro atoms. The first kappa shape index (κ1) is 15.5. The van der Waals surface area contributed by atoms with Crippen LogP contribution in [0.3, 0.4) is 0 Å². The number of nitrogens with one attached hydrogen (secondary N) is 1. The third-order valence-corrected chi connectivity index (χ3v) is 4.70. The number of para-hydroxylation sites is 1. The number of ether oxygens (including phenoxy) is 1. The summed E-state index contributed by atoms with van der Waals surface area (Å²) in [4.78, 5) is 12.6. The summed E-state index contributed by atoms with van der Waals surface area (Å²) in [5.74, 6) is 0.260. The Bertz CT molecular complexity index is 885. The molecule has 2 aliphatic rings. The molecule has 1 amide bonds. The molecule has 2 aromatic rings. The summed E-state index contributed by atoms with van der Waals surface area (Å²) >= 11 is 0. The average Bonchev–Trinajstić information content (AvgIpc) is 2.60. The topological polar surface area (TPSA) is 58.6 Å². The minimum absolute atomic E-state index is 0.00916. The zero-order valence-corrected chi connectivity index (χ0v) is 13.9. The van der Waals surface area contributed by atoms with Crippen molar-refractivity contribution in [2.45, 2.75) is 25.0 Å². The van der Waals surface area contributed by atoms with Crippen LogP contribution < -0.4 is 10.1 Å². The molecule has 2 N–H and O–H groups in total. The lowest BCUT2D eigenvalue weighted by Gasteiger charge is -2.45. The quantitative estimate of drug-likeness (QED) is 0.647. The van der Waals surface area contributed by atoms with Gasteiger partial charge in [0.05, 0.1) is 5.57 Å². The van der Waals surface area contributed by atoms with E-state index < -0.39 is 5.72 Å².